The maximum Gasteiger partial charge on any atom is 0.330 e. The molecule has 0 bridgehead atoms. The molecule has 1 amide bonds. The van der Waals surface area contributed by atoms with Crippen molar-refractivity contribution in [3.63, 3.8) is 0 Å². The minimum absolute atomic E-state index is 0.181. The first-order valence-electron chi connectivity index (χ1n) is 19.3. The monoisotopic (exact) mass is 787 g/mol. The number of nitrogens with zero attached hydrogens (tertiary/aromatic N) is 2. The zero-order valence-electron chi connectivity index (χ0n) is 32.6. The molecule has 0 saturated carbocycles. The van der Waals surface area contributed by atoms with Crippen molar-refractivity contribution in [1.82, 2.24) is 14.5 Å². The molecule has 11 nitrogen and oxygen atoms in total. The Hall–Kier alpha value is -6.79. The van der Waals surface area contributed by atoms with Gasteiger partial charge >= 0.3 is 5.69 Å². The lowest BCUT2D eigenvalue weighted by Crippen LogP contribution is -2.49. The van der Waals surface area contributed by atoms with Crippen molar-refractivity contribution in [3.05, 3.63) is 189 Å². The lowest BCUT2D eigenvalue weighted by Gasteiger charge is -2.37. The topological polar surface area (TPSA) is 132 Å². The molecule has 0 radical (unpaired) electrons. The van der Waals surface area contributed by atoms with Crippen LogP contribution in [0.2, 0.25) is 0 Å². The van der Waals surface area contributed by atoms with Gasteiger partial charge in [-0.1, -0.05) is 103 Å². The van der Waals surface area contributed by atoms with E-state index in [0.717, 1.165) is 49.0 Å². The Morgan fingerprint density at radius 1 is 0.729 bits per heavy atom. The molecule has 7 aromatic carbocycles. The first-order valence-corrected chi connectivity index (χ1v) is 19.3. The minimum Gasteiger partial charge on any atom is -0.497 e. The van der Waals surface area contributed by atoms with E-state index in [1.807, 2.05) is 109 Å². The molecule has 1 aromatic heterocycles. The van der Waals surface area contributed by atoms with Crippen LogP contribution < -0.4 is 20.7 Å². The predicted octanol–water partition coefficient (Wildman–Crippen LogP) is 6.86. The van der Waals surface area contributed by atoms with E-state index in [4.69, 9.17) is 18.9 Å². The molecule has 4 atom stereocenters. The Balaban J connectivity index is 1.12. The van der Waals surface area contributed by atoms with Crippen LogP contribution in [0.3, 0.4) is 0 Å². The largest absolute Gasteiger partial charge is 0.497 e. The first kappa shape index (κ1) is 37.8. The van der Waals surface area contributed by atoms with Gasteiger partial charge in [-0.25, -0.2) is 4.79 Å². The Morgan fingerprint density at radius 3 is 1.92 bits per heavy atom. The smallest absolute Gasteiger partial charge is 0.330 e. The van der Waals surface area contributed by atoms with Crippen LogP contribution in [0.25, 0.3) is 32.3 Å². The number of amides is 1. The van der Waals surface area contributed by atoms with Gasteiger partial charge in [0.05, 0.1) is 20.8 Å². The highest BCUT2D eigenvalue weighted by molar-refractivity contribution is 6.26. The number of ether oxygens (including phenoxy) is 4. The molecule has 0 aliphatic carbocycles. The average Bonchev–Trinajstić information content (AvgIpc) is 3.60. The van der Waals surface area contributed by atoms with Crippen molar-refractivity contribution in [1.29, 1.82) is 0 Å². The zero-order chi connectivity index (χ0) is 40.8. The Kier molecular flexibility index (Phi) is 9.72. The molecule has 9 rings (SSSR count). The summed E-state index contributed by atoms with van der Waals surface area (Å²) in [6, 6.07) is 42.9. The number of hydrogen-bond acceptors (Lipinski definition) is 8. The average molecular weight is 788 g/mol. The van der Waals surface area contributed by atoms with Crippen molar-refractivity contribution in [2.45, 2.75) is 30.1 Å². The SMILES string of the molecule is COc1ccc(C(OC[C@H]2O[C@@H](n3ccc(=O)[nH]c3=O)C(N(C)C(=O)c3ccc4ccc5cccc6ccc3c4c56)C2O)(c2ccccc2)c2ccc(OC)cc2)cc1. The second-order valence-corrected chi connectivity index (χ2v) is 14.8. The third-order valence-corrected chi connectivity index (χ3v) is 11.6. The molecular weight excluding hydrogens is 747 g/mol. The lowest BCUT2D eigenvalue weighted by molar-refractivity contribution is -0.0949. The molecule has 0 spiro atoms. The Bertz CT molecular complexity index is 2850. The summed E-state index contributed by atoms with van der Waals surface area (Å²) >= 11 is 0. The summed E-state index contributed by atoms with van der Waals surface area (Å²) in [5.74, 6) is 0.943. The number of benzene rings is 7. The van der Waals surface area contributed by atoms with Crippen LogP contribution in [0.1, 0.15) is 33.3 Å². The number of aliphatic hydroxyl groups is 1. The molecular formula is C48H41N3O8. The number of H-pyrrole nitrogens is 1. The minimum atomic E-state index is -1.35. The molecule has 2 N–H and O–H groups in total. The maximum absolute atomic E-state index is 14.8. The number of hydrogen-bond donors (Lipinski definition) is 2. The highest BCUT2D eigenvalue weighted by Crippen LogP contribution is 2.44. The van der Waals surface area contributed by atoms with Gasteiger partial charge in [0.1, 0.15) is 35.3 Å². The number of rotatable bonds is 11. The van der Waals surface area contributed by atoms with E-state index >= 15 is 0 Å². The van der Waals surface area contributed by atoms with Gasteiger partial charge < -0.3 is 29.0 Å². The van der Waals surface area contributed by atoms with Crippen LogP contribution >= 0.6 is 0 Å². The van der Waals surface area contributed by atoms with Gasteiger partial charge in [-0.15, -0.1) is 0 Å². The standard InChI is InChI=1S/C48H41N3O8/c1-50(45(54)38-25-15-31-13-12-29-8-7-9-30-14-24-37(38)42(31)41(29)30)43-44(53)39(59-46(43)51-27-26-40(52)49-47(51)55)28-58-48(32-10-5-4-6-11-32,33-16-20-35(56-2)21-17-33)34-18-22-36(57-3)23-19-34/h4-27,39,43-44,46,53H,28H2,1-3H3,(H,49,52,55)/t39-,43?,44?,46-/m1/s1. The van der Waals surface area contributed by atoms with Crippen LogP contribution in [-0.4, -0.2) is 71.6 Å². The fourth-order valence-electron chi connectivity index (χ4n) is 8.67. The number of nitrogens with one attached hydrogen (secondary N) is 1. The third kappa shape index (κ3) is 6.40. The predicted molar refractivity (Wildman–Crippen MR) is 226 cm³/mol. The van der Waals surface area contributed by atoms with Crippen molar-refractivity contribution < 1.29 is 28.8 Å². The molecule has 1 aliphatic rings. The summed E-state index contributed by atoms with van der Waals surface area (Å²) in [7, 11) is 4.79. The van der Waals surface area contributed by atoms with Crippen molar-refractivity contribution in [2.75, 3.05) is 27.9 Å². The van der Waals surface area contributed by atoms with Crippen molar-refractivity contribution in [3.8, 4) is 11.5 Å². The highest BCUT2D eigenvalue weighted by Gasteiger charge is 2.50. The summed E-state index contributed by atoms with van der Waals surface area (Å²) in [5, 5.41) is 18.3. The van der Waals surface area contributed by atoms with E-state index in [9.17, 15) is 19.5 Å². The van der Waals surface area contributed by atoms with Crippen LogP contribution in [-0.2, 0) is 15.1 Å². The zero-order valence-corrected chi connectivity index (χ0v) is 32.6. The highest BCUT2D eigenvalue weighted by atomic mass is 16.6. The number of aromatic nitrogens is 2. The molecule has 59 heavy (non-hydrogen) atoms. The molecule has 11 heteroatoms. The van der Waals surface area contributed by atoms with Gasteiger partial charge in [-0.05, 0) is 79.3 Å². The molecule has 2 unspecified atom stereocenters. The van der Waals surface area contributed by atoms with E-state index in [2.05, 4.69) is 23.2 Å². The number of aliphatic hydroxyl groups excluding tert-OH is 1. The van der Waals surface area contributed by atoms with Gasteiger partial charge in [0.15, 0.2) is 6.23 Å². The molecule has 1 saturated heterocycles. The molecule has 1 aliphatic heterocycles. The maximum atomic E-state index is 14.8. The molecule has 2 heterocycles. The van der Waals surface area contributed by atoms with E-state index in [1.165, 1.54) is 21.7 Å². The number of aromatic amines is 1. The van der Waals surface area contributed by atoms with Gasteiger partial charge in [-0.2, -0.15) is 0 Å². The first-order chi connectivity index (χ1) is 28.7. The summed E-state index contributed by atoms with van der Waals surface area (Å²) in [6.07, 6.45) is -2.30. The Labute approximate surface area is 338 Å². The Morgan fingerprint density at radius 2 is 1.31 bits per heavy atom. The fraction of sp³-hybridized carbons (Fsp3) is 0.188. The molecule has 1 fully saturated rings. The van der Waals surface area contributed by atoms with Crippen molar-refractivity contribution >= 4 is 38.2 Å². The van der Waals surface area contributed by atoms with Gasteiger partial charge in [-0.3, -0.25) is 19.1 Å². The molecule has 8 aromatic rings. The fourth-order valence-corrected chi connectivity index (χ4v) is 8.67. The number of likely N-dealkylation sites (N-methyl/N-ethyl adjacent to an activating group) is 1. The van der Waals surface area contributed by atoms with Crippen molar-refractivity contribution in [2.24, 2.45) is 0 Å². The van der Waals surface area contributed by atoms with Crippen LogP contribution in [0.15, 0.2) is 155 Å². The third-order valence-electron chi connectivity index (χ3n) is 11.6. The summed E-state index contributed by atoms with van der Waals surface area (Å²) in [5.41, 5.74) is 0.191. The van der Waals surface area contributed by atoms with E-state index < -0.39 is 41.3 Å². The van der Waals surface area contributed by atoms with E-state index in [-0.39, 0.29) is 12.5 Å². The summed E-state index contributed by atoms with van der Waals surface area (Å²) < 4.78 is 25.9. The molecule has 296 valence electrons. The van der Waals surface area contributed by atoms with Crippen LogP contribution in [0, 0.1) is 0 Å². The van der Waals surface area contributed by atoms with Gasteiger partial charge in [0.2, 0.25) is 0 Å². The second-order valence-electron chi connectivity index (χ2n) is 14.8. The van der Waals surface area contributed by atoms with Crippen LogP contribution in [0.5, 0.6) is 11.5 Å². The summed E-state index contributed by atoms with van der Waals surface area (Å²) in [4.78, 5) is 44.1. The van der Waals surface area contributed by atoms with E-state index in [1.54, 1.807) is 27.3 Å². The lowest BCUT2D eigenvalue weighted by atomic mass is 9.80. The number of carbonyl (C=O) groups excluding carboxylic acids is 1. The second kappa shape index (κ2) is 15.2. The normalized spacial score (nSPS) is 18.1. The van der Waals surface area contributed by atoms with Crippen LogP contribution in [0.4, 0.5) is 0 Å². The van der Waals surface area contributed by atoms with E-state index in [0.29, 0.717) is 17.1 Å². The van der Waals surface area contributed by atoms with Gasteiger partial charge in [0, 0.05) is 24.9 Å². The quantitative estimate of drug-likeness (QED) is 0.107. The number of carbonyl (C=O) groups is 1. The van der Waals surface area contributed by atoms with Gasteiger partial charge in [0.25, 0.3) is 11.5 Å². The summed E-state index contributed by atoms with van der Waals surface area (Å²) in [6.45, 7) is -0.181. The number of methoxy groups -OCH3 is 2.